The molecule has 1 aliphatic rings. The first kappa shape index (κ1) is 14.5. The highest BCUT2D eigenvalue weighted by molar-refractivity contribution is 5.82. The summed E-state index contributed by atoms with van der Waals surface area (Å²) in [5, 5.41) is 0. The van der Waals surface area contributed by atoms with Crippen LogP contribution in [0.15, 0.2) is 0 Å². The number of rotatable bonds is 4. The molecule has 17 heavy (non-hydrogen) atoms. The Kier molecular flexibility index (Phi) is 4.98. The van der Waals surface area contributed by atoms with Crippen molar-refractivity contribution in [1.82, 2.24) is 0 Å². The predicted octanol–water partition coefficient (Wildman–Crippen LogP) is 3.35. The molecule has 0 aromatic carbocycles. The summed E-state index contributed by atoms with van der Waals surface area (Å²) in [5.41, 5.74) is 0. The number of ketones is 1. The summed E-state index contributed by atoms with van der Waals surface area (Å²) in [6.07, 6.45) is -3.31. The van der Waals surface area contributed by atoms with Gasteiger partial charge < -0.3 is 4.74 Å². The molecule has 1 aliphatic carbocycles. The lowest BCUT2D eigenvalue weighted by Gasteiger charge is -2.29. The normalized spacial score (nSPS) is 26.2. The van der Waals surface area contributed by atoms with Gasteiger partial charge in [0.15, 0.2) is 5.78 Å². The summed E-state index contributed by atoms with van der Waals surface area (Å²) in [4.78, 5) is 11.7. The van der Waals surface area contributed by atoms with Gasteiger partial charge in [0.05, 0.1) is 12.0 Å². The first-order valence-electron chi connectivity index (χ1n) is 6.01. The van der Waals surface area contributed by atoms with Gasteiger partial charge in [-0.1, -0.05) is 0 Å². The van der Waals surface area contributed by atoms with Crippen molar-refractivity contribution in [2.75, 3.05) is 6.61 Å². The summed E-state index contributed by atoms with van der Waals surface area (Å²) >= 11 is 0. The van der Waals surface area contributed by atoms with Gasteiger partial charge in [0.1, 0.15) is 6.61 Å². The second-order valence-electron chi connectivity index (χ2n) is 4.92. The Morgan fingerprint density at radius 3 is 2.18 bits per heavy atom. The monoisotopic (exact) mass is 252 g/mol. The zero-order chi connectivity index (χ0) is 13.1. The Morgan fingerprint density at radius 2 is 1.76 bits per heavy atom. The Morgan fingerprint density at radius 1 is 1.24 bits per heavy atom. The smallest absolute Gasteiger partial charge is 0.371 e. The largest absolute Gasteiger partial charge is 0.391 e. The summed E-state index contributed by atoms with van der Waals surface area (Å²) in [6, 6.07) is 0. The fourth-order valence-electron chi connectivity index (χ4n) is 2.11. The van der Waals surface area contributed by atoms with Crippen LogP contribution in [0.5, 0.6) is 0 Å². The summed E-state index contributed by atoms with van der Waals surface area (Å²) in [5.74, 6) is -1.52. The summed E-state index contributed by atoms with van der Waals surface area (Å²) < 4.78 is 42.4. The quantitative estimate of drug-likeness (QED) is 0.767. The van der Waals surface area contributed by atoms with Crippen molar-refractivity contribution in [3.63, 3.8) is 0 Å². The van der Waals surface area contributed by atoms with E-state index in [-0.39, 0.29) is 37.3 Å². The number of halogens is 3. The molecule has 0 N–H and O–H groups in total. The van der Waals surface area contributed by atoms with Gasteiger partial charge in [-0.15, -0.1) is 0 Å². The van der Waals surface area contributed by atoms with Gasteiger partial charge in [0, 0.05) is 5.92 Å². The van der Waals surface area contributed by atoms with Crippen LogP contribution >= 0.6 is 0 Å². The molecular weight excluding hydrogens is 233 g/mol. The Balaban J connectivity index is 2.34. The molecule has 5 heteroatoms. The highest BCUT2D eigenvalue weighted by Crippen LogP contribution is 2.39. The van der Waals surface area contributed by atoms with Crippen LogP contribution in [0.4, 0.5) is 13.2 Å². The predicted molar refractivity (Wildman–Crippen MR) is 57.6 cm³/mol. The molecule has 1 saturated carbocycles. The zero-order valence-electron chi connectivity index (χ0n) is 10.2. The molecular formula is C12H19F3O2. The van der Waals surface area contributed by atoms with Gasteiger partial charge in [-0.05, 0) is 39.5 Å². The minimum atomic E-state index is -4.11. The maximum Gasteiger partial charge on any atom is 0.391 e. The maximum atomic E-state index is 12.4. The minimum Gasteiger partial charge on any atom is -0.371 e. The third kappa shape index (κ3) is 4.66. The molecule has 0 saturated heterocycles. The Labute approximate surface area is 99.5 Å². The molecule has 0 unspecified atom stereocenters. The van der Waals surface area contributed by atoms with E-state index in [1.807, 2.05) is 13.8 Å². The van der Waals surface area contributed by atoms with Crippen molar-refractivity contribution in [3.05, 3.63) is 0 Å². The fraction of sp³-hybridized carbons (Fsp3) is 0.917. The molecule has 1 fully saturated rings. The van der Waals surface area contributed by atoms with E-state index < -0.39 is 12.1 Å². The lowest BCUT2D eigenvalue weighted by atomic mass is 9.80. The maximum absolute atomic E-state index is 12.4. The van der Waals surface area contributed by atoms with Crippen molar-refractivity contribution < 1.29 is 22.7 Å². The third-order valence-corrected chi connectivity index (χ3v) is 3.20. The van der Waals surface area contributed by atoms with Crippen molar-refractivity contribution >= 4 is 5.78 Å². The van der Waals surface area contributed by atoms with E-state index in [9.17, 15) is 18.0 Å². The second-order valence-corrected chi connectivity index (χ2v) is 4.92. The minimum absolute atomic E-state index is 0.0227. The Bertz CT molecular complexity index is 253. The van der Waals surface area contributed by atoms with Gasteiger partial charge in [-0.2, -0.15) is 13.2 Å². The van der Waals surface area contributed by atoms with Crippen LogP contribution in [0, 0.1) is 11.8 Å². The molecule has 0 atom stereocenters. The number of alkyl halides is 3. The molecule has 0 aliphatic heterocycles. The van der Waals surface area contributed by atoms with Crippen molar-refractivity contribution in [3.8, 4) is 0 Å². The van der Waals surface area contributed by atoms with Crippen LogP contribution in [0.3, 0.4) is 0 Å². The topological polar surface area (TPSA) is 26.3 Å². The zero-order valence-corrected chi connectivity index (χ0v) is 10.2. The average Bonchev–Trinajstić information content (AvgIpc) is 2.25. The highest BCUT2D eigenvalue weighted by Gasteiger charge is 2.42. The Hall–Kier alpha value is -0.580. The van der Waals surface area contributed by atoms with Crippen molar-refractivity contribution in [1.29, 1.82) is 0 Å². The first-order chi connectivity index (χ1) is 7.80. The standard InChI is InChI=1S/C12H19F3O2/c1-8(2)17-7-11(16)9-3-5-10(6-4-9)12(13,14)15/h8-10H,3-7H2,1-2H3. The van der Waals surface area contributed by atoms with Crippen LogP contribution in [0.25, 0.3) is 0 Å². The number of carbonyl (C=O) groups excluding carboxylic acids is 1. The van der Waals surface area contributed by atoms with Crippen LogP contribution in [0.1, 0.15) is 39.5 Å². The van der Waals surface area contributed by atoms with Crippen LogP contribution in [0.2, 0.25) is 0 Å². The second kappa shape index (κ2) is 5.85. The van der Waals surface area contributed by atoms with Crippen molar-refractivity contribution in [2.45, 2.75) is 51.8 Å². The van der Waals surface area contributed by atoms with E-state index in [4.69, 9.17) is 4.74 Å². The van der Waals surface area contributed by atoms with E-state index in [0.29, 0.717) is 12.8 Å². The number of hydrogen-bond donors (Lipinski definition) is 0. The van der Waals surface area contributed by atoms with Gasteiger partial charge >= 0.3 is 6.18 Å². The molecule has 0 radical (unpaired) electrons. The number of hydrogen-bond acceptors (Lipinski definition) is 2. The van der Waals surface area contributed by atoms with Gasteiger partial charge in [-0.3, -0.25) is 4.79 Å². The molecule has 100 valence electrons. The summed E-state index contributed by atoms with van der Waals surface area (Å²) in [7, 11) is 0. The molecule has 0 aromatic rings. The molecule has 0 bridgehead atoms. The SMILES string of the molecule is CC(C)OCC(=O)C1CCC(C(F)(F)F)CC1. The molecule has 0 amide bonds. The van der Waals surface area contributed by atoms with E-state index >= 15 is 0 Å². The molecule has 0 heterocycles. The summed E-state index contributed by atoms with van der Waals surface area (Å²) in [6.45, 7) is 3.68. The fourth-order valence-corrected chi connectivity index (χ4v) is 2.11. The number of carbonyl (C=O) groups is 1. The van der Waals surface area contributed by atoms with Crippen LogP contribution in [-0.4, -0.2) is 24.7 Å². The van der Waals surface area contributed by atoms with E-state index in [1.165, 1.54) is 0 Å². The molecule has 1 rings (SSSR count). The van der Waals surface area contributed by atoms with Gasteiger partial charge in [0.2, 0.25) is 0 Å². The van der Waals surface area contributed by atoms with Crippen LogP contribution < -0.4 is 0 Å². The number of Topliss-reactive ketones (excluding diaryl/α,β-unsaturated/α-hetero) is 1. The third-order valence-electron chi connectivity index (χ3n) is 3.20. The first-order valence-corrected chi connectivity index (χ1v) is 6.01. The van der Waals surface area contributed by atoms with E-state index in [2.05, 4.69) is 0 Å². The lowest BCUT2D eigenvalue weighted by molar-refractivity contribution is -0.184. The van der Waals surface area contributed by atoms with E-state index in [1.54, 1.807) is 0 Å². The van der Waals surface area contributed by atoms with Crippen molar-refractivity contribution in [2.24, 2.45) is 11.8 Å². The van der Waals surface area contributed by atoms with Gasteiger partial charge in [0.25, 0.3) is 0 Å². The highest BCUT2D eigenvalue weighted by atomic mass is 19.4. The lowest BCUT2D eigenvalue weighted by Crippen LogP contribution is -2.31. The molecule has 2 nitrogen and oxygen atoms in total. The molecule has 0 aromatic heterocycles. The van der Waals surface area contributed by atoms with Crippen LogP contribution in [-0.2, 0) is 9.53 Å². The number of ether oxygens (including phenoxy) is 1. The average molecular weight is 252 g/mol. The molecule has 0 spiro atoms. The van der Waals surface area contributed by atoms with E-state index in [0.717, 1.165) is 0 Å². The van der Waals surface area contributed by atoms with Gasteiger partial charge in [-0.25, -0.2) is 0 Å².